The van der Waals surface area contributed by atoms with Crippen molar-refractivity contribution < 1.29 is 8.42 Å². The average molecular weight is 249 g/mol. The zero-order chi connectivity index (χ0) is 12.2. The lowest BCUT2D eigenvalue weighted by molar-refractivity contribution is 0.328. The number of hydrogen-bond acceptors (Lipinski definition) is 3. The van der Waals surface area contributed by atoms with E-state index in [9.17, 15) is 8.42 Å². The Morgan fingerprint density at radius 1 is 1.50 bits per heavy atom. The zero-order valence-corrected chi connectivity index (χ0v) is 11.2. The molecule has 1 unspecified atom stereocenters. The Bertz CT molecular complexity index is 297. The molecule has 0 aliphatic carbocycles. The Balaban J connectivity index is 2.75. The van der Waals surface area contributed by atoms with Gasteiger partial charge in [-0.25, -0.2) is 0 Å². The minimum absolute atomic E-state index is 0.0567. The van der Waals surface area contributed by atoms with Crippen LogP contribution in [0.4, 0.5) is 0 Å². The molecule has 2 N–H and O–H groups in total. The molecule has 6 heteroatoms. The monoisotopic (exact) mass is 249 g/mol. The van der Waals surface area contributed by atoms with Gasteiger partial charge in [0.05, 0.1) is 0 Å². The highest BCUT2D eigenvalue weighted by Gasteiger charge is 2.31. The molecule has 0 aromatic rings. The van der Waals surface area contributed by atoms with Gasteiger partial charge in [-0.2, -0.15) is 17.4 Å². The van der Waals surface area contributed by atoms with Crippen molar-refractivity contribution in [2.24, 2.45) is 0 Å². The van der Waals surface area contributed by atoms with Crippen LogP contribution in [0.1, 0.15) is 33.6 Å². The van der Waals surface area contributed by atoms with Crippen molar-refractivity contribution in [3.63, 3.8) is 0 Å². The van der Waals surface area contributed by atoms with E-state index in [-0.39, 0.29) is 12.1 Å². The van der Waals surface area contributed by atoms with Crippen LogP contribution in [0.2, 0.25) is 0 Å². The maximum atomic E-state index is 12.1. The van der Waals surface area contributed by atoms with Crippen LogP contribution in [0.15, 0.2) is 0 Å². The summed E-state index contributed by atoms with van der Waals surface area (Å²) in [4.78, 5) is 0. The van der Waals surface area contributed by atoms with E-state index in [0.717, 1.165) is 25.9 Å². The van der Waals surface area contributed by atoms with E-state index in [4.69, 9.17) is 0 Å². The lowest BCUT2D eigenvalue weighted by atomic mass is 10.2. The van der Waals surface area contributed by atoms with E-state index >= 15 is 0 Å². The van der Waals surface area contributed by atoms with Gasteiger partial charge in [0.2, 0.25) is 0 Å². The number of nitrogens with one attached hydrogen (secondary N) is 2. The van der Waals surface area contributed by atoms with Crippen LogP contribution in [0.25, 0.3) is 0 Å². The quantitative estimate of drug-likeness (QED) is 0.712. The van der Waals surface area contributed by atoms with Gasteiger partial charge in [-0.15, -0.1) is 0 Å². The fourth-order valence-corrected chi connectivity index (χ4v) is 3.70. The summed E-state index contributed by atoms with van der Waals surface area (Å²) in [5.74, 6) is 0. The topological polar surface area (TPSA) is 61.4 Å². The van der Waals surface area contributed by atoms with Crippen LogP contribution in [0.5, 0.6) is 0 Å². The third kappa shape index (κ3) is 3.69. The first-order valence-electron chi connectivity index (χ1n) is 5.97. The Morgan fingerprint density at radius 2 is 2.19 bits per heavy atom. The molecule has 0 bridgehead atoms. The SMILES string of the molecule is CCCN(C1CCNC1)S(=O)(=O)NC(C)C. The molecule has 0 radical (unpaired) electrons. The van der Waals surface area contributed by atoms with Gasteiger partial charge in [0.1, 0.15) is 0 Å². The predicted molar refractivity (Wildman–Crippen MR) is 65.5 cm³/mol. The zero-order valence-electron chi connectivity index (χ0n) is 10.4. The lowest BCUT2D eigenvalue weighted by Crippen LogP contribution is -2.49. The minimum Gasteiger partial charge on any atom is -0.315 e. The molecule has 1 aliphatic heterocycles. The fraction of sp³-hybridized carbons (Fsp3) is 1.00. The third-order valence-electron chi connectivity index (χ3n) is 2.58. The van der Waals surface area contributed by atoms with Gasteiger partial charge in [-0.1, -0.05) is 6.92 Å². The summed E-state index contributed by atoms with van der Waals surface area (Å²) in [5.41, 5.74) is 0. The van der Waals surface area contributed by atoms with Gasteiger partial charge < -0.3 is 5.32 Å². The second-order valence-corrected chi connectivity index (χ2v) is 6.19. The van der Waals surface area contributed by atoms with Crippen LogP contribution >= 0.6 is 0 Å². The molecule has 0 aromatic heterocycles. The Labute approximate surface area is 98.8 Å². The van der Waals surface area contributed by atoms with E-state index in [1.807, 2.05) is 20.8 Å². The molecule has 0 amide bonds. The number of rotatable bonds is 6. The highest BCUT2D eigenvalue weighted by Crippen LogP contribution is 2.13. The molecule has 1 aliphatic rings. The average Bonchev–Trinajstić information content (AvgIpc) is 2.64. The molecule has 1 fully saturated rings. The summed E-state index contributed by atoms with van der Waals surface area (Å²) >= 11 is 0. The van der Waals surface area contributed by atoms with Crippen LogP contribution < -0.4 is 10.0 Å². The van der Waals surface area contributed by atoms with Crippen molar-refractivity contribution in [3.05, 3.63) is 0 Å². The number of hydrogen-bond donors (Lipinski definition) is 2. The molecule has 0 saturated carbocycles. The normalized spacial score (nSPS) is 22.2. The van der Waals surface area contributed by atoms with Crippen LogP contribution in [0, 0.1) is 0 Å². The highest BCUT2D eigenvalue weighted by molar-refractivity contribution is 7.87. The van der Waals surface area contributed by atoms with Gasteiger partial charge in [0.15, 0.2) is 0 Å². The first-order chi connectivity index (χ1) is 7.47. The van der Waals surface area contributed by atoms with Gasteiger partial charge in [-0.05, 0) is 33.2 Å². The summed E-state index contributed by atoms with van der Waals surface area (Å²) in [6, 6.07) is 0.0509. The van der Waals surface area contributed by atoms with Crippen molar-refractivity contribution >= 4 is 10.2 Å². The van der Waals surface area contributed by atoms with E-state index in [2.05, 4.69) is 10.0 Å². The molecule has 5 nitrogen and oxygen atoms in total. The van der Waals surface area contributed by atoms with E-state index in [0.29, 0.717) is 6.54 Å². The summed E-state index contributed by atoms with van der Waals surface area (Å²) in [6.07, 6.45) is 1.74. The lowest BCUT2D eigenvalue weighted by Gasteiger charge is -2.28. The van der Waals surface area contributed by atoms with Gasteiger partial charge in [0.25, 0.3) is 10.2 Å². The molecule has 1 rings (SSSR count). The Morgan fingerprint density at radius 3 is 2.62 bits per heavy atom. The van der Waals surface area contributed by atoms with Crippen LogP contribution in [-0.2, 0) is 10.2 Å². The van der Waals surface area contributed by atoms with Crippen molar-refractivity contribution in [2.45, 2.75) is 45.7 Å². The smallest absolute Gasteiger partial charge is 0.279 e. The summed E-state index contributed by atoms with van der Waals surface area (Å²) in [6.45, 7) is 7.94. The predicted octanol–water partition coefficient (Wildman–Crippen LogP) is 0.303. The van der Waals surface area contributed by atoms with Crippen molar-refractivity contribution in [3.8, 4) is 0 Å². The molecule has 0 spiro atoms. The maximum Gasteiger partial charge on any atom is 0.279 e. The molecular formula is C10H23N3O2S. The van der Waals surface area contributed by atoms with Crippen LogP contribution in [-0.4, -0.2) is 44.4 Å². The van der Waals surface area contributed by atoms with Gasteiger partial charge in [0, 0.05) is 25.2 Å². The molecule has 1 saturated heterocycles. The molecule has 1 heterocycles. The summed E-state index contributed by atoms with van der Waals surface area (Å²) < 4.78 is 28.5. The second-order valence-electron chi connectivity index (χ2n) is 4.53. The largest absolute Gasteiger partial charge is 0.315 e. The van der Waals surface area contributed by atoms with Crippen molar-refractivity contribution in [2.75, 3.05) is 19.6 Å². The van der Waals surface area contributed by atoms with Gasteiger partial charge >= 0.3 is 0 Å². The van der Waals surface area contributed by atoms with Crippen LogP contribution in [0.3, 0.4) is 0 Å². The van der Waals surface area contributed by atoms with Crippen molar-refractivity contribution in [1.29, 1.82) is 0 Å². The van der Waals surface area contributed by atoms with Gasteiger partial charge in [-0.3, -0.25) is 0 Å². The summed E-state index contributed by atoms with van der Waals surface area (Å²) in [7, 11) is -3.32. The third-order valence-corrected chi connectivity index (χ3v) is 4.45. The highest BCUT2D eigenvalue weighted by atomic mass is 32.2. The maximum absolute atomic E-state index is 12.1. The van der Waals surface area contributed by atoms with E-state index < -0.39 is 10.2 Å². The fourth-order valence-electron chi connectivity index (χ4n) is 1.97. The number of nitrogens with zero attached hydrogens (tertiary/aromatic N) is 1. The molecule has 0 aromatic carbocycles. The Hall–Kier alpha value is -0.170. The molecule has 96 valence electrons. The molecule has 1 atom stereocenters. The molecule has 16 heavy (non-hydrogen) atoms. The standard InChI is InChI=1S/C10H23N3O2S/c1-4-7-13(10-5-6-11-8-10)16(14,15)12-9(2)3/h9-12H,4-8H2,1-3H3. The second kappa shape index (κ2) is 5.95. The summed E-state index contributed by atoms with van der Waals surface area (Å²) in [5, 5.41) is 3.20. The molecular weight excluding hydrogens is 226 g/mol. The van der Waals surface area contributed by atoms with E-state index in [1.165, 1.54) is 0 Å². The first kappa shape index (κ1) is 13.9. The Kier molecular flexibility index (Phi) is 5.17. The van der Waals surface area contributed by atoms with E-state index in [1.54, 1.807) is 4.31 Å². The van der Waals surface area contributed by atoms with Crippen molar-refractivity contribution in [1.82, 2.24) is 14.3 Å². The minimum atomic E-state index is -3.32. The first-order valence-corrected chi connectivity index (χ1v) is 7.41.